The molecule has 1 aromatic carbocycles. The molecule has 25 heavy (non-hydrogen) atoms. The Bertz CT molecular complexity index is 1050. The van der Waals surface area contributed by atoms with E-state index in [0.29, 0.717) is 10.8 Å². The summed E-state index contributed by atoms with van der Waals surface area (Å²) >= 11 is 2.89. The summed E-state index contributed by atoms with van der Waals surface area (Å²) in [5, 5.41) is 7.27. The van der Waals surface area contributed by atoms with E-state index < -0.39 is 0 Å². The zero-order chi connectivity index (χ0) is 17.4. The molecule has 0 aliphatic carbocycles. The van der Waals surface area contributed by atoms with E-state index in [1.807, 2.05) is 46.4 Å². The monoisotopic (exact) mass is 370 g/mol. The number of hydrogen-bond donors (Lipinski definition) is 1. The van der Waals surface area contributed by atoms with E-state index in [2.05, 4.69) is 15.3 Å². The summed E-state index contributed by atoms with van der Waals surface area (Å²) < 4.78 is 7.06. The lowest BCUT2D eigenvalue weighted by Crippen LogP contribution is -2.12. The van der Waals surface area contributed by atoms with Crippen molar-refractivity contribution in [2.24, 2.45) is 0 Å². The van der Waals surface area contributed by atoms with Crippen molar-refractivity contribution in [3.63, 3.8) is 0 Å². The summed E-state index contributed by atoms with van der Waals surface area (Å²) in [6.07, 6.45) is 1.74. The van der Waals surface area contributed by atoms with Crippen LogP contribution in [0.5, 0.6) is 5.75 Å². The molecule has 0 bridgehead atoms. The number of fused-ring (bicyclic) bond motifs is 1. The number of nitrogens with one attached hydrogen (secondary N) is 1. The molecule has 0 aliphatic rings. The van der Waals surface area contributed by atoms with Gasteiger partial charge in [0.15, 0.2) is 10.1 Å². The van der Waals surface area contributed by atoms with Gasteiger partial charge in [-0.25, -0.2) is 9.97 Å². The Hall–Kier alpha value is -2.71. The molecule has 6 nitrogen and oxygen atoms in total. The summed E-state index contributed by atoms with van der Waals surface area (Å²) in [6.45, 7) is 1.98. The predicted molar refractivity (Wildman–Crippen MR) is 99.9 cm³/mol. The smallest absolute Gasteiger partial charge is 0.277 e. The van der Waals surface area contributed by atoms with Crippen LogP contribution in [0.4, 0.5) is 5.13 Å². The van der Waals surface area contributed by atoms with Crippen LogP contribution in [0.3, 0.4) is 0 Å². The standard InChI is InChI=1S/C17H14N4O2S2/c1-10-8-25-17-19-13(7-21(10)17)15(22)20-16-18-14(9-24-16)11-3-5-12(23-2)6-4-11/h3-9H,1-2H3,(H,18,20,22). The number of ether oxygens (including phenoxy) is 1. The van der Waals surface area contributed by atoms with Crippen molar-refractivity contribution in [2.75, 3.05) is 12.4 Å². The molecule has 0 unspecified atom stereocenters. The van der Waals surface area contributed by atoms with Gasteiger partial charge in [0.05, 0.1) is 12.8 Å². The van der Waals surface area contributed by atoms with Gasteiger partial charge in [0.25, 0.3) is 5.91 Å². The molecular formula is C17H14N4O2S2. The minimum absolute atomic E-state index is 0.258. The number of carbonyl (C=O) groups is 1. The molecule has 8 heteroatoms. The van der Waals surface area contributed by atoms with E-state index in [-0.39, 0.29) is 5.91 Å². The van der Waals surface area contributed by atoms with Gasteiger partial charge in [-0.05, 0) is 31.2 Å². The fraction of sp³-hybridized carbons (Fsp3) is 0.118. The number of hydrogen-bond acceptors (Lipinski definition) is 6. The molecule has 0 atom stereocenters. The number of amides is 1. The molecule has 0 fully saturated rings. The number of rotatable bonds is 4. The zero-order valence-electron chi connectivity index (χ0n) is 13.5. The first-order valence-electron chi connectivity index (χ1n) is 7.48. The normalized spacial score (nSPS) is 11.0. The average Bonchev–Trinajstić information content (AvgIpc) is 3.33. The molecule has 1 amide bonds. The average molecular weight is 370 g/mol. The molecule has 1 N–H and O–H groups in total. The number of thiazole rings is 2. The summed E-state index contributed by atoms with van der Waals surface area (Å²) in [5.41, 5.74) is 3.22. The Morgan fingerprint density at radius 1 is 1.16 bits per heavy atom. The van der Waals surface area contributed by atoms with E-state index in [1.54, 1.807) is 13.3 Å². The van der Waals surface area contributed by atoms with Gasteiger partial charge < -0.3 is 4.74 Å². The fourth-order valence-corrected chi connectivity index (χ4v) is 3.96. The highest BCUT2D eigenvalue weighted by Crippen LogP contribution is 2.27. The van der Waals surface area contributed by atoms with Crippen molar-refractivity contribution >= 4 is 38.7 Å². The largest absolute Gasteiger partial charge is 0.497 e. The molecule has 4 aromatic rings. The highest BCUT2D eigenvalue weighted by Gasteiger charge is 2.15. The first-order chi connectivity index (χ1) is 12.1. The fourth-order valence-electron chi connectivity index (χ4n) is 2.39. The van der Waals surface area contributed by atoms with Crippen molar-refractivity contribution < 1.29 is 9.53 Å². The molecule has 4 rings (SSSR count). The van der Waals surface area contributed by atoms with Gasteiger partial charge in [0.1, 0.15) is 11.4 Å². The van der Waals surface area contributed by atoms with Crippen LogP contribution in [0.15, 0.2) is 41.2 Å². The quantitative estimate of drug-likeness (QED) is 0.587. The molecule has 0 aliphatic heterocycles. The van der Waals surface area contributed by atoms with Crippen LogP contribution in [-0.4, -0.2) is 27.4 Å². The number of benzene rings is 1. The van der Waals surface area contributed by atoms with Gasteiger partial charge in [-0.2, -0.15) is 0 Å². The summed E-state index contributed by atoms with van der Waals surface area (Å²) in [6, 6.07) is 7.64. The van der Waals surface area contributed by atoms with E-state index in [1.165, 1.54) is 22.7 Å². The molecule has 0 radical (unpaired) electrons. The summed E-state index contributed by atoms with van der Waals surface area (Å²) in [7, 11) is 1.63. The minimum atomic E-state index is -0.258. The van der Waals surface area contributed by atoms with Crippen molar-refractivity contribution in [2.45, 2.75) is 6.92 Å². The van der Waals surface area contributed by atoms with Crippen molar-refractivity contribution in [1.82, 2.24) is 14.4 Å². The van der Waals surface area contributed by atoms with E-state index in [9.17, 15) is 4.79 Å². The van der Waals surface area contributed by atoms with Crippen LogP contribution in [-0.2, 0) is 0 Å². The first kappa shape index (κ1) is 15.8. The van der Waals surface area contributed by atoms with Crippen molar-refractivity contribution in [3.05, 3.63) is 52.6 Å². The third kappa shape index (κ3) is 3.01. The first-order valence-corrected chi connectivity index (χ1v) is 9.24. The SMILES string of the molecule is COc1ccc(-c2csc(NC(=O)c3cn4c(C)csc4n3)n2)cc1. The predicted octanol–water partition coefficient (Wildman–Crippen LogP) is 4.09. The maximum absolute atomic E-state index is 12.4. The Morgan fingerprint density at radius 2 is 1.96 bits per heavy atom. The molecule has 3 heterocycles. The van der Waals surface area contributed by atoms with Crippen LogP contribution >= 0.6 is 22.7 Å². The number of anilines is 1. The van der Waals surface area contributed by atoms with Gasteiger partial charge >= 0.3 is 0 Å². The molecule has 0 saturated carbocycles. The minimum Gasteiger partial charge on any atom is -0.497 e. The Morgan fingerprint density at radius 3 is 2.68 bits per heavy atom. The molecule has 3 aromatic heterocycles. The Labute approximate surface area is 151 Å². The van der Waals surface area contributed by atoms with Gasteiger partial charge in [0.2, 0.25) is 0 Å². The van der Waals surface area contributed by atoms with Crippen LogP contribution < -0.4 is 10.1 Å². The van der Waals surface area contributed by atoms with Crippen molar-refractivity contribution in [1.29, 1.82) is 0 Å². The summed E-state index contributed by atoms with van der Waals surface area (Å²) in [4.78, 5) is 22.0. The zero-order valence-corrected chi connectivity index (χ0v) is 15.1. The van der Waals surface area contributed by atoms with Gasteiger partial charge in [-0.3, -0.25) is 14.5 Å². The van der Waals surface area contributed by atoms with Crippen LogP contribution in [0.25, 0.3) is 16.2 Å². The number of aryl methyl sites for hydroxylation is 1. The van der Waals surface area contributed by atoms with Crippen LogP contribution in [0, 0.1) is 6.92 Å². The number of aromatic nitrogens is 3. The highest BCUT2D eigenvalue weighted by molar-refractivity contribution is 7.15. The lowest BCUT2D eigenvalue weighted by atomic mass is 10.2. The second-order valence-electron chi connectivity index (χ2n) is 5.38. The maximum atomic E-state index is 12.4. The number of carbonyl (C=O) groups excluding carboxylic acids is 1. The van der Waals surface area contributed by atoms with Crippen molar-refractivity contribution in [3.8, 4) is 17.0 Å². The number of methoxy groups -OCH3 is 1. The van der Waals surface area contributed by atoms with Crippen LogP contribution in [0.2, 0.25) is 0 Å². The van der Waals surface area contributed by atoms with E-state index >= 15 is 0 Å². The van der Waals surface area contributed by atoms with Gasteiger partial charge in [-0.15, -0.1) is 22.7 Å². The van der Waals surface area contributed by atoms with Crippen LogP contribution in [0.1, 0.15) is 16.2 Å². The second-order valence-corrected chi connectivity index (χ2v) is 7.07. The van der Waals surface area contributed by atoms with Gasteiger partial charge in [0, 0.05) is 28.2 Å². The Balaban J connectivity index is 1.52. The van der Waals surface area contributed by atoms with Gasteiger partial charge in [-0.1, -0.05) is 0 Å². The lowest BCUT2D eigenvalue weighted by molar-refractivity contribution is 0.102. The Kier molecular flexibility index (Phi) is 3.98. The topological polar surface area (TPSA) is 68.5 Å². The summed E-state index contributed by atoms with van der Waals surface area (Å²) in [5.74, 6) is 0.536. The molecule has 0 saturated heterocycles. The lowest BCUT2D eigenvalue weighted by Gasteiger charge is -2.00. The highest BCUT2D eigenvalue weighted by atomic mass is 32.1. The maximum Gasteiger partial charge on any atom is 0.277 e. The molecule has 0 spiro atoms. The number of nitrogens with zero attached hydrogens (tertiary/aromatic N) is 3. The third-order valence-electron chi connectivity index (χ3n) is 3.73. The van der Waals surface area contributed by atoms with E-state index in [0.717, 1.165) is 27.7 Å². The van der Waals surface area contributed by atoms with E-state index in [4.69, 9.17) is 4.74 Å². The molecule has 126 valence electrons. The molecular weight excluding hydrogens is 356 g/mol. The number of imidazole rings is 1. The second kappa shape index (κ2) is 6.30. The third-order valence-corrected chi connectivity index (χ3v) is 5.45.